The average Bonchev–Trinajstić information content (AvgIpc) is 2.52. The fourth-order valence-corrected chi connectivity index (χ4v) is 2.61. The molecule has 2 aromatic rings. The predicted octanol–water partition coefficient (Wildman–Crippen LogP) is 2.25. The van der Waals surface area contributed by atoms with Crippen LogP contribution in [0.15, 0.2) is 48.5 Å². The molecule has 1 amide bonds. The third-order valence-electron chi connectivity index (χ3n) is 3.70. The highest BCUT2D eigenvalue weighted by molar-refractivity contribution is 6.05. The summed E-state index contributed by atoms with van der Waals surface area (Å²) in [5.74, 6) is 0.0444. The van der Waals surface area contributed by atoms with Gasteiger partial charge in [-0.2, -0.15) is 0 Å². The molecule has 2 aromatic carbocycles. The Morgan fingerprint density at radius 3 is 2.67 bits per heavy atom. The molecule has 1 aliphatic heterocycles. The number of nitrogens with two attached hydrogens (primary N) is 1. The number of ether oxygens (including phenoxy) is 1. The minimum absolute atomic E-state index is 0.225. The Bertz CT molecular complexity index is 689. The molecule has 108 valence electrons. The van der Waals surface area contributed by atoms with Crippen LogP contribution in [-0.2, 0) is 4.79 Å². The molecule has 1 aliphatic rings. The number of anilines is 1. The van der Waals surface area contributed by atoms with Crippen molar-refractivity contribution in [1.29, 1.82) is 0 Å². The minimum Gasteiger partial charge on any atom is -0.497 e. The molecule has 1 heterocycles. The van der Waals surface area contributed by atoms with E-state index in [0.29, 0.717) is 17.0 Å². The monoisotopic (exact) mass is 286 g/mol. The average molecular weight is 286 g/mol. The minimum atomic E-state index is -0.729. The van der Waals surface area contributed by atoms with E-state index in [1.165, 1.54) is 11.0 Å². The zero-order valence-electron chi connectivity index (χ0n) is 11.5. The Balaban J connectivity index is 2.00. The first-order valence-electron chi connectivity index (χ1n) is 6.60. The Kier molecular flexibility index (Phi) is 3.35. The fourth-order valence-electron chi connectivity index (χ4n) is 2.61. The van der Waals surface area contributed by atoms with Crippen LogP contribution < -0.4 is 15.4 Å². The number of carbonyl (C=O) groups is 1. The number of carbonyl (C=O) groups excluding carboxylic acids is 1. The van der Waals surface area contributed by atoms with Gasteiger partial charge in [0.05, 0.1) is 13.2 Å². The molecule has 5 heteroatoms. The third kappa shape index (κ3) is 2.15. The summed E-state index contributed by atoms with van der Waals surface area (Å²) in [5, 5.41) is 0. The lowest BCUT2D eigenvalue weighted by molar-refractivity contribution is -0.126. The van der Waals surface area contributed by atoms with Crippen molar-refractivity contribution in [2.24, 2.45) is 5.73 Å². The van der Waals surface area contributed by atoms with Crippen LogP contribution in [0.1, 0.15) is 11.6 Å². The van der Waals surface area contributed by atoms with Crippen LogP contribution in [0.4, 0.5) is 10.1 Å². The fraction of sp³-hybridized carbons (Fsp3) is 0.188. The first-order chi connectivity index (χ1) is 10.1. The number of halogens is 1. The summed E-state index contributed by atoms with van der Waals surface area (Å²) >= 11 is 0. The van der Waals surface area contributed by atoms with Gasteiger partial charge in [0.15, 0.2) is 0 Å². The van der Waals surface area contributed by atoms with Crippen LogP contribution in [0, 0.1) is 5.82 Å². The van der Waals surface area contributed by atoms with Gasteiger partial charge in [0, 0.05) is 17.3 Å². The maximum absolute atomic E-state index is 14.0. The van der Waals surface area contributed by atoms with Crippen LogP contribution >= 0.6 is 0 Å². The van der Waals surface area contributed by atoms with E-state index in [0.717, 1.165) is 0 Å². The molecule has 0 aliphatic carbocycles. The lowest BCUT2D eigenvalue weighted by Gasteiger charge is -2.45. The first-order valence-corrected chi connectivity index (χ1v) is 6.60. The van der Waals surface area contributed by atoms with Crippen LogP contribution in [0.5, 0.6) is 5.75 Å². The molecule has 4 nitrogen and oxygen atoms in total. The van der Waals surface area contributed by atoms with E-state index < -0.39 is 12.1 Å². The molecule has 1 saturated heterocycles. The second-order valence-electron chi connectivity index (χ2n) is 4.90. The molecule has 21 heavy (non-hydrogen) atoms. The maximum Gasteiger partial charge on any atom is 0.247 e. The molecular weight excluding hydrogens is 271 g/mol. The van der Waals surface area contributed by atoms with Crippen LogP contribution in [0.3, 0.4) is 0 Å². The van der Waals surface area contributed by atoms with Crippen molar-refractivity contribution in [3.8, 4) is 5.75 Å². The lowest BCUT2D eigenvalue weighted by Crippen LogP contribution is -2.63. The summed E-state index contributed by atoms with van der Waals surface area (Å²) in [5.41, 5.74) is 6.95. The van der Waals surface area contributed by atoms with Gasteiger partial charge >= 0.3 is 0 Å². The second kappa shape index (κ2) is 5.18. The highest BCUT2D eigenvalue weighted by Gasteiger charge is 2.47. The van der Waals surface area contributed by atoms with E-state index >= 15 is 0 Å². The van der Waals surface area contributed by atoms with Gasteiger partial charge in [-0.05, 0) is 18.2 Å². The van der Waals surface area contributed by atoms with Gasteiger partial charge in [0.25, 0.3) is 0 Å². The maximum atomic E-state index is 14.0. The summed E-state index contributed by atoms with van der Waals surface area (Å²) in [7, 11) is 1.55. The van der Waals surface area contributed by atoms with Gasteiger partial charge < -0.3 is 15.4 Å². The van der Waals surface area contributed by atoms with E-state index in [4.69, 9.17) is 10.5 Å². The second-order valence-corrected chi connectivity index (χ2v) is 4.90. The van der Waals surface area contributed by atoms with E-state index in [2.05, 4.69) is 0 Å². The number of benzene rings is 2. The van der Waals surface area contributed by atoms with Crippen LogP contribution in [0.25, 0.3) is 0 Å². The molecule has 0 saturated carbocycles. The molecule has 2 atom stereocenters. The van der Waals surface area contributed by atoms with Crippen LogP contribution in [-0.4, -0.2) is 19.1 Å². The number of amides is 1. The molecule has 1 fully saturated rings. The lowest BCUT2D eigenvalue weighted by atomic mass is 9.88. The molecule has 0 radical (unpaired) electrons. The van der Waals surface area contributed by atoms with Crippen molar-refractivity contribution >= 4 is 11.6 Å². The van der Waals surface area contributed by atoms with Crippen molar-refractivity contribution < 1.29 is 13.9 Å². The normalized spacial score (nSPS) is 21.1. The highest BCUT2D eigenvalue weighted by atomic mass is 19.1. The summed E-state index contributed by atoms with van der Waals surface area (Å²) < 4.78 is 19.1. The van der Waals surface area contributed by atoms with Crippen molar-refractivity contribution in [2.45, 2.75) is 12.1 Å². The predicted molar refractivity (Wildman–Crippen MR) is 77.6 cm³/mol. The van der Waals surface area contributed by atoms with Gasteiger partial charge in [0.1, 0.15) is 17.6 Å². The van der Waals surface area contributed by atoms with Gasteiger partial charge in [-0.3, -0.25) is 4.79 Å². The smallest absolute Gasteiger partial charge is 0.247 e. The molecular formula is C16H15FN2O2. The topological polar surface area (TPSA) is 55.6 Å². The van der Waals surface area contributed by atoms with Crippen molar-refractivity contribution in [3.63, 3.8) is 0 Å². The molecule has 0 aromatic heterocycles. The summed E-state index contributed by atoms with van der Waals surface area (Å²) in [6, 6.07) is 12.2. The SMILES string of the molecule is COc1cccc(N2C(=O)[C@@H](N)[C@@H]2c2ccccc2F)c1. The Hall–Kier alpha value is -2.40. The number of methoxy groups -OCH3 is 1. The summed E-state index contributed by atoms with van der Waals surface area (Å²) in [6.45, 7) is 0. The Labute approximate surface area is 121 Å². The number of β-lactam (4-membered cyclic amide) rings is 1. The van der Waals surface area contributed by atoms with E-state index in [9.17, 15) is 9.18 Å². The van der Waals surface area contributed by atoms with Crippen molar-refractivity contribution in [3.05, 3.63) is 59.9 Å². The van der Waals surface area contributed by atoms with E-state index in [1.807, 2.05) is 0 Å². The third-order valence-corrected chi connectivity index (χ3v) is 3.70. The summed E-state index contributed by atoms with van der Waals surface area (Å²) in [4.78, 5) is 13.6. The number of hydrogen-bond donors (Lipinski definition) is 1. The van der Waals surface area contributed by atoms with E-state index in [-0.39, 0.29) is 11.7 Å². The van der Waals surface area contributed by atoms with Gasteiger partial charge in [-0.25, -0.2) is 4.39 Å². The van der Waals surface area contributed by atoms with Crippen LogP contribution in [0.2, 0.25) is 0 Å². The number of hydrogen-bond acceptors (Lipinski definition) is 3. The molecule has 3 rings (SSSR count). The zero-order chi connectivity index (χ0) is 15.0. The molecule has 2 N–H and O–H groups in total. The number of rotatable bonds is 3. The molecule has 0 spiro atoms. The van der Waals surface area contributed by atoms with Crippen molar-refractivity contribution in [1.82, 2.24) is 0 Å². The quantitative estimate of drug-likeness (QED) is 0.880. The van der Waals surface area contributed by atoms with Gasteiger partial charge in [-0.1, -0.05) is 24.3 Å². The zero-order valence-corrected chi connectivity index (χ0v) is 11.5. The highest BCUT2D eigenvalue weighted by Crippen LogP contribution is 2.39. The summed E-state index contributed by atoms with van der Waals surface area (Å²) in [6.07, 6.45) is 0. The van der Waals surface area contributed by atoms with E-state index in [1.54, 1.807) is 49.6 Å². The first kappa shape index (κ1) is 13.6. The molecule has 0 bridgehead atoms. The van der Waals surface area contributed by atoms with Gasteiger partial charge in [0.2, 0.25) is 5.91 Å². The standard InChI is InChI=1S/C16H15FN2O2/c1-21-11-6-4-5-10(9-11)19-15(14(18)16(19)20)12-7-2-3-8-13(12)17/h2-9,14-15H,18H2,1H3/t14-,15-/m0/s1. The molecule has 0 unspecified atom stereocenters. The Morgan fingerprint density at radius 2 is 1.95 bits per heavy atom. The Morgan fingerprint density at radius 1 is 1.19 bits per heavy atom. The largest absolute Gasteiger partial charge is 0.497 e. The van der Waals surface area contributed by atoms with Crippen molar-refractivity contribution in [2.75, 3.05) is 12.0 Å². The number of nitrogens with zero attached hydrogens (tertiary/aromatic N) is 1. The van der Waals surface area contributed by atoms with Gasteiger partial charge in [-0.15, -0.1) is 0 Å².